The van der Waals surface area contributed by atoms with Crippen LogP contribution in [-0.2, 0) is 0 Å². The van der Waals surface area contributed by atoms with Crippen LogP contribution in [0.5, 0.6) is 0 Å². The predicted octanol–water partition coefficient (Wildman–Crippen LogP) is 2.17. The predicted molar refractivity (Wildman–Crippen MR) is 79.8 cm³/mol. The third-order valence-electron chi connectivity index (χ3n) is 4.98. The molecule has 1 aliphatic heterocycles. The standard InChI is InChI=1S/C15H33N3/c1-7-13(2)18-10-8-17(9-11-18)12-14(3,4)15(5,6)16/h13H,7-12,16H2,1-6H3. The lowest BCUT2D eigenvalue weighted by Gasteiger charge is -2.45. The molecule has 1 rings (SSSR count). The van der Waals surface area contributed by atoms with Gasteiger partial charge in [-0.2, -0.15) is 0 Å². The Morgan fingerprint density at radius 2 is 1.56 bits per heavy atom. The van der Waals surface area contributed by atoms with Crippen LogP contribution in [0.25, 0.3) is 0 Å². The lowest BCUT2D eigenvalue weighted by Crippen LogP contribution is -2.57. The van der Waals surface area contributed by atoms with E-state index in [0.29, 0.717) is 0 Å². The van der Waals surface area contributed by atoms with Gasteiger partial charge in [0.05, 0.1) is 0 Å². The van der Waals surface area contributed by atoms with Crippen LogP contribution in [-0.4, -0.2) is 54.1 Å². The van der Waals surface area contributed by atoms with Crippen LogP contribution >= 0.6 is 0 Å². The van der Waals surface area contributed by atoms with E-state index in [4.69, 9.17) is 5.73 Å². The van der Waals surface area contributed by atoms with Crippen molar-refractivity contribution in [2.45, 2.75) is 59.5 Å². The summed E-state index contributed by atoms with van der Waals surface area (Å²) < 4.78 is 0. The molecule has 3 heteroatoms. The number of hydrogen-bond donors (Lipinski definition) is 1. The molecular weight excluding hydrogens is 222 g/mol. The second kappa shape index (κ2) is 5.89. The summed E-state index contributed by atoms with van der Waals surface area (Å²) in [4.78, 5) is 5.19. The number of piperazine rings is 1. The molecule has 0 spiro atoms. The zero-order valence-electron chi connectivity index (χ0n) is 13.3. The normalized spacial score (nSPS) is 22.2. The molecule has 1 saturated heterocycles. The van der Waals surface area contributed by atoms with Gasteiger partial charge in [-0.1, -0.05) is 20.8 Å². The molecule has 3 nitrogen and oxygen atoms in total. The molecule has 0 aromatic heterocycles. The third-order valence-corrected chi connectivity index (χ3v) is 4.98. The minimum Gasteiger partial charge on any atom is -0.325 e. The van der Waals surface area contributed by atoms with Crippen molar-refractivity contribution in [1.29, 1.82) is 0 Å². The van der Waals surface area contributed by atoms with Crippen LogP contribution in [0.3, 0.4) is 0 Å². The van der Waals surface area contributed by atoms with E-state index in [1.165, 1.54) is 32.6 Å². The molecule has 0 aromatic rings. The van der Waals surface area contributed by atoms with Crippen molar-refractivity contribution >= 4 is 0 Å². The fraction of sp³-hybridized carbons (Fsp3) is 1.00. The Morgan fingerprint density at radius 1 is 1.06 bits per heavy atom. The topological polar surface area (TPSA) is 32.5 Å². The smallest absolute Gasteiger partial charge is 0.0161 e. The Kier molecular flexibility index (Phi) is 5.22. The van der Waals surface area contributed by atoms with Gasteiger partial charge in [-0.05, 0) is 32.6 Å². The summed E-state index contributed by atoms with van der Waals surface area (Å²) in [7, 11) is 0. The van der Waals surface area contributed by atoms with Crippen molar-refractivity contribution in [3.05, 3.63) is 0 Å². The summed E-state index contributed by atoms with van der Waals surface area (Å²) in [5.41, 5.74) is 6.32. The number of nitrogens with zero attached hydrogens (tertiary/aromatic N) is 2. The molecule has 0 saturated carbocycles. The molecule has 0 bridgehead atoms. The van der Waals surface area contributed by atoms with Crippen LogP contribution < -0.4 is 5.73 Å². The van der Waals surface area contributed by atoms with Crippen molar-refractivity contribution in [3.63, 3.8) is 0 Å². The van der Waals surface area contributed by atoms with E-state index in [-0.39, 0.29) is 11.0 Å². The second-order valence-corrected chi connectivity index (χ2v) is 7.17. The van der Waals surface area contributed by atoms with Crippen LogP contribution in [0.2, 0.25) is 0 Å². The monoisotopic (exact) mass is 255 g/mol. The molecule has 0 radical (unpaired) electrons. The maximum Gasteiger partial charge on any atom is 0.0161 e. The molecule has 0 aliphatic carbocycles. The van der Waals surface area contributed by atoms with Crippen molar-refractivity contribution in [3.8, 4) is 0 Å². The van der Waals surface area contributed by atoms with E-state index in [1.807, 2.05) is 0 Å². The van der Waals surface area contributed by atoms with Gasteiger partial charge in [0.2, 0.25) is 0 Å². The molecule has 1 unspecified atom stereocenters. The Balaban J connectivity index is 2.45. The van der Waals surface area contributed by atoms with Gasteiger partial charge in [0, 0.05) is 44.3 Å². The summed E-state index contributed by atoms with van der Waals surface area (Å²) in [6.07, 6.45) is 1.25. The highest BCUT2D eigenvalue weighted by atomic mass is 15.3. The summed E-state index contributed by atoms with van der Waals surface area (Å²) in [5, 5.41) is 0. The summed E-state index contributed by atoms with van der Waals surface area (Å²) in [5.74, 6) is 0. The van der Waals surface area contributed by atoms with E-state index in [2.05, 4.69) is 51.3 Å². The third kappa shape index (κ3) is 3.94. The van der Waals surface area contributed by atoms with Gasteiger partial charge in [0.25, 0.3) is 0 Å². The summed E-state index contributed by atoms with van der Waals surface area (Å²) in [6.45, 7) is 19.3. The minimum atomic E-state index is -0.124. The van der Waals surface area contributed by atoms with Gasteiger partial charge in [-0.25, -0.2) is 0 Å². The Bertz CT molecular complexity index is 247. The van der Waals surface area contributed by atoms with Gasteiger partial charge in [-0.15, -0.1) is 0 Å². The van der Waals surface area contributed by atoms with Crippen molar-refractivity contribution in [2.75, 3.05) is 32.7 Å². The maximum absolute atomic E-state index is 6.29. The van der Waals surface area contributed by atoms with E-state index in [1.54, 1.807) is 0 Å². The first-order valence-corrected chi connectivity index (χ1v) is 7.42. The van der Waals surface area contributed by atoms with Crippen molar-refractivity contribution in [2.24, 2.45) is 11.1 Å². The van der Waals surface area contributed by atoms with Gasteiger partial charge in [-0.3, -0.25) is 4.90 Å². The summed E-state index contributed by atoms with van der Waals surface area (Å²) >= 11 is 0. The highest BCUT2D eigenvalue weighted by Gasteiger charge is 2.35. The quantitative estimate of drug-likeness (QED) is 0.817. The van der Waals surface area contributed by atoms with Crippen molar-refractivity contribution < 1.29 is 0 Å². The van der Waals surface area contributed by atoms with Crippen molar-refractivity contribution in [1.82, 2.24) is 9.80 Å². The molecule has 18 heavy (non-hydrogen) atoms. The fourth-order valence-electron chi connectivity index (χ4n) is 2.38. The molecule has 1 heterocycles. The number of rotatable bonds is 5. The average Bonchev–Trinajstić information content (AvgIpc) is 2.27. The van der Waals surface area contributed by atoms with Gasteiger partial charge >= 0.3 is 0 Å². The largest absolute Gasteiger partial charge is 0.325 e. The van der Waals surface area contributed by atoms with Gasteiger partial charge < -0.3 is 10.6 Å². The van der Waals surface area contributed by atoms with Crippen LogP contribution in [0.15, 0.2) is 0 Å². The first kappa shape index (κ1) is 15.9. The SMILES string of the molecule is CCC(C)N1CCN(CC(C)(C)C(C)(C)N)CC1. The molecule has 1 aliphatic rings. The average molecular weight is 255 g/mol. The van der Waals surface area contributed by atoms with E-state index in [0.717, 1.165) is 12.6 Å². The van der Waals surface area contributed by atoms with E-state index in [9.17, 15) is 0 Å². The highest BCUT2D eigenvalue weighted by molar-refractivity contribution is 4.93. The highest BCUT2D eigenvalue weighted by Crippen LogP contribution is 2.29. The molecular formula is C15H33N3. The van der Waals surface area contributed by atoms with Gasteiger partial charge in [0.15, 0.2) is 0 Å². The Hall–Kier alpha value is -0.120. The number of nitrogens with two attached hydrogens (primary N) is 1. The Labute approximate surface area is 114 Å². The fourth-order valence-corrected chi connectivity index (χ4v) is 2.38. The van der Waals surface area contributed by atoms with E-state index >= 15 is 0 Å². The van der Waals surface area contributed by atoms with Gasteiger partial charge in [0.1, 0.15) is 0 Å². The molecule has 2 N–H and O–H groups in total. The molecule has 1 atom stereocenters. The van der Waals surface area contributed by atoms with E-state index < -0.39 is 0 Å². The summed E-state index contributed by atoms with van der Waals surface area (Å²) in [6, 6.07) is 0.728. The first-order chi connectivity index (χ1) is 8.17. The molecule has 0 amide bonds. The van der Waals surface area contributed by atoms with Crippen LogP contribution in [0, 0.1) is 5.41 Å². The molecule has 1 fully saturated rings. The Morgan fingerprint density at radius 3 is 1.94 bits per heavy atom. The zero-order chi connectivity index (χ0) is 14.0. The second-order valence-electron chi connectivity index (χ2n) is 7.17. The molecule has 108 valence electrons. The maximum atomic E-state index is 6.29. The zero-order valence-corrected chi connectivity index (χ0v) is 13.3. The molecule has 0 aromatic carbocycles. The first-order valence-electron chi connectivity index (χ1n) is 7.42. The van der Waals surface area contributed by atoms with Crippen LogP contribution in [0.4, 0.5) is 0 Å². The lowest BCUT2D eigenvalue weighted by molar-refractivity contribution is 0.0537. The number of hydrogen-bond acceptors (Lipinski definition) is 3. The lowest BCUT2D eigenvalue weighted by atomic mass is 9.75. The van der Waals surface area contributed by atoms with Crippen LogP contribution in [0.1, 0.15) is 48.0 Å². The minimum absolute atomic E-state index is 0.124.